The summed E-state index contributed by atoms with van der Waals surface area (Å²) in [6.07, 6.45) is 0.192. The van der Waals surface area contributed by atoms with Gasteiger partial charge in [-0.1, -0.05) is 23.7 Å². The molecule has 9 heteroatoms. The average Bonchev–Trinajstić information content (AvgIpc) is 2.60. The number of rotatable bonds is 10. The topological polar surface area (TPSA) is 106 Å². The van der Waals surface area contributed by atoms with E-state index < -0.39 is 11.7 Å². The normalized spacial score (nSPS) is 10.7. The zero-order valence-corrected chi connectivity index (χ0v) is 17.2. The second-order valence-electron chi connectivity index (χ2n) is 6.94. The number of alkyl carbamates (subject to hydrolysis) is 1. The molecule has 28 heavy (non-hydrogen) atoms. The maximum absolute atomic E-state index is 11.7. The van der Waals surface area contributed by atoms with Gasteiger partial charge < -0.3 is 25.4 Å². The zero-order valence-electron chi connectivity index (χ0n) is 16.5. The summed E-state index contributed by atoms with van der Waals surface area (Å²) in [5.41, 5.74) is -0.622. The zero-order chi connectivity index (χ0) is 21.0. The number of ether oxygens (including phenoxy) is 2. The minimum Gasteiger partial charge on any atom is -0.492 e. The van der Waals surface area contributed by atoms with E-state index in [1.807, 2.05) is 12.1 Å². The van der Waals surface area contributed by atoms with Crippen molar-refractivity contribution in [2.24, 2.45) is 0 Å². The van der Waals surface area contributed by atoms with Crippen molar-refractivity contribution < 1.29 is 23.9 Å². The number of halogens is 1. The largest absolute Gasteiger partial charge is 0.492 e. The number of nitrogens with one attached hydrogen (secondary N) is 3. The number of hydrogen-bond donors (Lipinski definition) is 3. The molecule has 3 amide bonds. The molecule has 0 aromatic heterocycles. The summed E-state index contributed by atoms with van der Waals surface area (Å²) in [7, 11) is 0. The summed E-state index contributed by atoms with van der Waals surface area (Å²) >= 11 is 5.97. The van der Waals surface area contributed by atoms with Crippen LogP contribution in [-0.2, 0) is 14.3 Å². The Kier molecular flexibility index (Phi) is 10.2. The molecule has 0 spiro atoms. The van der Waals surface area contributed by atoms with E-state index in [-0.39, 0.29) is 24.9 Å². The smallest absolute Gasteiger partial charge is 0.408 e. The molecule has 0 aliphatic heterocycles. The Balaban J connectivity index is 2.04. The van der Waals surface area contributed by atoms with Crippen molar-refractivity contribution in [2.75, 3.05) is 26.2 Å². The highest BCUT2D eigenvalue weighted by atomic mass is 35.5. The fourth-order valence-electron chi connectivity index (χ4n) is 2.00. The standard InChI is InChI=1S/C19H28ClN3O5/c1-19(2,3)28-18(26)23-13-17(25)22-11-10-21-16(24)9-6-12-27-15-8-5-4-7-14(15)20/h4-5,7-8H,6,9-13H2,1-3H3,(H,21,24)(H,22,25)(H,23,26). The first kappa shape index (κ1) is 23.6. The lowest BCUT2D eigenvalue weighted by Gasteiger charge is -2.19. The van der Waals surface area contributed by atoms with Crippen LogP contribution < -0.4 is 20.7 Å². The van der Waals surface area contributed by atoms with Gasteiger partial charge in [-0.2, -0.15) is 0 Å². The second-order valence-corrected chi connectivity index (χ2v) is 7.34. The van der Waals surface area contributed by atoms with E-state index in [1.54, 1.807) is 32.9 Å². The molecule has 0 saturated carbocycles. The molecule has 0 fully saturated rings. The van der Waals surface area contributed by atoms with Crippen LogP contribution in [0.2, 0.25) is 5.02 Å². The number of para-hydroxylation sites is 1. The lowest BCUT2D eigenvalue weighted by atomic mass is 10.2. The van der Waals surface area contributed by atoms with Crippen molar-refractivity contribution >= 4 is 29.5 Å². The van der Waals surface area contributed by atoms with E-state index in [1.165, 1.54) is 0 Å². The van der Waals surface area contributed by atoms with Gasteiger partial charge in [0.25, 0.3) is 0 Å². The Morgan fingerprint density at radius 3 is 2.29 bits per heavy atom. The molecule has 0 atom stereocenters. The predicted molar refractivity (Wildman–Crippen MR) is 106 cm³/mol. The maximum atomic E-state index is 11.7. The van der Waals surface area contributed by atoms with Gasteiger partial charge in [0.2, 0.25) is 11.8 Å². The Bertz CT molecular complexity index is 661. The van der Waals surface area contributed by atoms with Crippen molar-refractivity contribution in [3.8, 4) is 5.75 Å². The molecular formula is C19H28ClN3O5. The van der Waals surface area contributed by atoms with E-state index in [9.17, 15) is 14.4 Å². The van der Waals surface area contributed by atoms with Gasteiger partial charge in [0, 0.05) is 19.5 Å². The van der Waals surface area contributed by atoms with Crippen molar-refractivity contribution in [2.45, 2.75) is 39.2 Å². The van der Waals surface area contributed by atoms with Crippen LogP contribution in [0.4, 0.5) is 4.79 Å². The Hall–Kier alpha value is -2.48. The van der Waals surface area contributed by atoms with Gasteiger partial charge in [-0.25, -0.2) is 4.79 Å². The van der Waals surface area contributed by atoms with Crippen LogP contribution in [0, 0.1) is 0 Å². The summed E-state index contributed by atoms with van der Waals surface area (Å²) in [4.78, 5) is 34.8. The van der Waals surface area contributed by atoms with E-state index in [4.69, 9.17) is 21.1 Å². The fraction of sp³-hybridized carbons (Fsp3) is 0.526. The Morgan fingerprint density at radius 1 is 1.00 bits per heavy atom. The number of hydrogen-bond acceptors (Lipinski definition) is 5. The van der Waals surface area contributed by atoms with Crippen LogP contribution in [0.1, 0.15) is 33.6 Å². The first-order valence-corrected chi connectivity index (χ1v) is 9.43. The van der Waals surface area contributed by atoms with Gasteiger partial charge in [0.15, 0.2) is 0 Å². The highest BCUT2D eigenvalue weighted by Gasteiger charge is 2.16. The number of benzene rings is 1. The SMILES string of the molecule is CC(C)(C)OC(=O)NCC(=O)NCCNC(=O)CCCOc1ccccc1Cl. The monoisotopic (exact) mass is 413 g/mol. The molecule has 1 rings (SSSR count). The lowest BCUT2D eigenvalue weighted by Crippen LogP contribution is -2.42. The van der Waals surface area contributed by atoms with Gasteiger partial charge in [-0.3, -0.25) is 9.59 Å². The summed E-state index contributed by atoms with van der Waals surface area (Å²) in [5, 5.41) is 8.17. The van der Waals surface area contributed by atoms with E-state index in [2.05, 4.69) is 16.0 Å². The molecule has 0 aliphatic rings. The van der Waals surface area contributed by atoms with Crippen LogP contribution >= 0.6 is 11.6 Å². The molecule has 0 aliphatic carbocycles. The molecule has 8 nitrogen and oxygen atoms in total. The average molecular weight is 414 g/mol. The van der Waals surface area contributed by atoms with Gasteiger partial charge in [-0.05, 0) is 39.3 Å². The van der Waals surface area contributed by atoms with Crippen molar-refractivity contribution in [1.29, 1.82) is 0 Å². The fourth-order valence-corrected chi connectivity index (χ4v) is 2.19. The third-order valence-electron chi connectivity index (χ3n) is 3.20. The predicted octanol–water partition coefficient (Wildman–Crippen LogP) is 2.26. The number of carbonyl (C=O) groups excluding carboxylic acids is 3. The highest BCUT2D eigenvalue weighted by Crippen LogP contribution is 2.23. The summed E-state index contributed by atoms with van der Waals surface area (Å²) in [6, 6.07) is 7.14. The van der Waals surface area contributed by atoms with Gasteiger partial charge >= 0.3 is 6.09 Å². The molecule has 1 aromatic carbocycles. The van der Waals surface area contributed by atoms with Crippen molar-refractivity contribution in [3.63, 3.8) is 0 Å². The van der Waals surface area contributed by atoms with Crippen LogP contribution in [0.15, 0.2) is 24.3 Å². The van der Waals surface area contributed by atoms with Gasteiger partial charge in [-0.15, -0.1) is 0 Å². The van der Waals surface area contributed by atoms with Crippen molar-refractivity contribution in [3.05, 3.63) is 29.3 Å². The van der Waals surface area contributed by atoms with Crippen LogP contribution in [0.3, 0.4) is 0 Å². The molecule has 0 bridgehead atoms. The van der Waals surface area contributed by atoms with Crippen LogP contribution in [-0.4, -0.2) is 49.7 Å². The maximum Gasteiger partial charge on any atom is 0.408 e. The van der Waals surface area contributed by atoms with Crippen molar-refractivity contribution in [1.82, 2.24) is 16.0 Å². The first-order chi connectivity index (χ1) is 13.2. The van der Waals surface area contributed by atoms with E-state index >= 15 is 0 Å². The highest BCUT2D eigenvalue weighted by molar-refractivity contribution is 6.32. The Labute approximate surface area is 170 Å². The van der Waals surface area contributed by atoms with E-state index in [0.717, 1.165) is 0 Å². The van der Waals surface area contributed by atoms with Crippen LogP contribution in [0.5, 0.6) is 5.75 Å². The third-order valence-corrected chi connectivity index (χ3v) is 3.52. The lowest BCUT2D eigenvalue weighted by molar-refractivity contribution is -0.122. The molecular weight excluding hydrogens is 386 g/mol. The molecule has 0 unspecified atom stereocenters. The molecule has 0 heterocycles. The van der Waals surface area contributed by atoms with Crippen LogP contribution in [0.25, 0.3) is 0 Å². The second kappa shape index (κ2) is 12.1. The summed E-state index contributed by atoms with van der Waals surface area (Å²) in [5.74, 6) is 0.0874. The quantitative estimate of drug-likeness (QED) is 0.510. The molecule has 3 N–H and O–H groups in total. The third kappa shape index (κ3) is 11.3. The summed E-state index contributed by atoms with van der Waals surface area (Å²) in [6.45, 7) is 5.94. The number of carbonyl (C=O) groups is 3. The Morgan fingerprint density at radius 2 is 1.64 bits per heavy atom. The molecule has 0 saturated heterocycles. The van der Waals surface area contributed by atoms with Gasteiger partial charge in [0.1, 0.15) is 11.4 Å². The molecule has 1 aromatic rings. The molecule has 0 radical (unpaired) electrons. The summed E-state index contributed by atoms with van der Waals surface area (Å²) < 4.78 is 10.5. The minimum absolute atomic E-state index is 0.135. The number of amides is 3. The molecule has 156 valence electrons. The van der Waals surface area contributed by atoms with E-state index in [0.29, 0.717) is 36.8 Å². The minimum atomic E-state index is -0.657. The van der Waals surface area contributed by atoms with Gasteiger partial charge in [0.05, 0.1) is 18.2 Å². The first-order valence-electron chi connectivity index (χ1n) is 9.05.